The number of nitrogens with one attached hydrogen (secondary N) is 1. The highest BCUT2D eigenvalue weighted by molar-refractivity contribution is 7.21. The van der Waals surface area contributed by atoms with Crippen molar-refractivity contribution in [2.24, 2.45) is 0 Å². The first-order valence-corrected chi connectivity index (χ1v) is 7.15. The van der Waals surface area contributed by atoms with Crippen LogP contribution in [-0.4, -0.2) is 36.9 Å². The van der Waals surface area contributed by atoms with Crippen LogP contribution in [0.4, 0.5) is 5.69 Å². The Kier molecular flexibility index (Phi) is 4.24. The summed E-state index contributed by atoms with van der Waals surface area (Å²) in [5.74, 6) is -0.405. The molecular formula is C14H17N3O2S. The molecule has 0 saturated carbocycles. The Bertz CT molecular complexity index is 651. The summed E-state index contributed by atoms with van der Waals surface area (Å²) in [5, 5.41) is 3.55. The third-order valence-corrected chi connectivity index (χ3v) is 4.10. The number of hydrogen-bond acceptors (Lipinski definition) is 4. The maximum Gasteiger partial charge on any atom is 0.266 e. The third-order valence-electron chi connectivity index (χ3n) is 2.93. The van der Waals surface area contributed by atoms with Crippen molar-refractivity contribution in [3.63, 3.8) is 0 Å². The highest BCUT2D eigenvalue weighted by Crippen LogP contribution is 2.33. The van der Waals surface area contributed by atoms with Crippen LogP contribution in [0.3, 0.4) is 0 Å². The number of thiophene rings is 1. The summed E-state index contributed by atoms with van der Waals surface area (Å²) < 4.78 is 0.972. The van der Waals surface area contributed by atoms with Crippen LogP contribution in [-0.2, 0) is 4.79 Å². The zero-order valence-electron chi connectivity index (χ0n) is 11.5. The van der Waals surface area contributed by atoms with Gasteiger partial charge in [0.05, 0.1) is 12.2 Å². The second-order valence-electron chi connectivity index (χ2n) is 4.46. The van der Waals surface area contributed by atoms with Gasteiger partial charge in [-0.25, -0.2) is 0 Å². The summed E-state index contributed by atoms with van der Waals surface area (Å²) in [4.78, 5) is 25.7. The summed E-state index contributed by atoms with van der Waals surface area (Å²) in [5.41, 5.74) is 6.51. The van der Waals surface area contributed by atoms with Crippen LogP contribution in [0.5, 0.6) is 0 Å². The zero-order chi connectivity index (χ0) is 14.7. The highest BCUT2D eigenvalue weighted by Gasteiger charge is 2.20. The van der Waals surface area contributed by atoms with Gasteiger partial charge in [0.1, 0.15) is 4.88 Å². The molecule has 2 amide bonds. The SMILES string of the molecule is CCNC(=O)CN(C)C(=O)c1sc2ccccc2c1N. The van der Waals surface area contributed by atoms with Crippen molar-refractivity contribution in [3.8, 4) is 0 Å². The van der Waals surface area contributed by atoms with Crippen LogP contribution in [0.1, 0.15) is 16.6 Å². The lowest BCUT2D eigenvalue weighted by atomic mass is 10.2. The number of fused-ring (bicyclic) bond motifs is 1. The lowest BCUT2D eigenvalue weighted by molar-refractivity contribution is -0.121. The van der Waals surface area contributed by atoms with Crippen LogP contribution < -0.4 is 11.1 Å². The summed E-state index contributed by atoms with van der Waals surface area (Å²) in [7, 11) is 1.60. The molecule has 3 N–H and O–H groups in total. The van der Waals surface area contributed by atoms with Gasteiger partial charge in [0, 0.05) is 23.7 Å². The number of hydrogen-bond donors (Lipinski definition) is 2. The Labute approximate surface area is 121 Å². The maximum atomic E-state index is 12.4. The molecule has 1 aromatic heterocycles. The molecule has 0 fully saturated rings. The number of nitrogen functional groups attached to an aromatic ring is 1. The Morgan fingerprint density at radius 3 is 2.70 bits per heavy atom. The first-order chi connectivity index (χ1) is 9.54. The van der Waals surface area contributed by atoms with E-state index in [1.54, 1.807) is 7.05 Å². The molecule has 1 heterocycles. The molecule has 0 aliphatic carbocycles. The fourth-order valence-corrected chi connectivity index (χ4v) is 3.06. The number of amides is 2. The summed E-state index contributed by atoms with van der Waals surface area (Å²) in [6, 6.07) is 7.61. The van der Waals surface area contributed by atoms with Gasteiger partial charge in [0.2, 0.25) is 5.91 Å². The van der Waals surface area contributed by atoms with Gasteiger partial charge in [0.15, 0.2) is 0 Å². The standard InChI is InChI=1S/C14H17N3O2S/c1-3-16-11(18)8-17(2)14(19)13-12(15)9-6-4-5-7-10(9)20-13/h4-7H,3,8,15H2,1-2H3,(H,16,18). The number of nitrogens with zero attached hydrogens (tertiary/aromatic N) is 1. The van der Waals surface area contributed by atoms with Crippen molar-refractivity contribution >= 4 is 38.9 Å². The molecule has 0 aliphatic heterocycles. The van der Waals surface area contributed by atoms with E-state index < -0.39 is 0 Å². The number of anilines is 1. The van der Waals surface area contributed by atoms with Gasteiger partial charge in [0.25, 0.3) is 5.91 Å². The quantitative estimate of drug-likeness (QED) is 0.900. The molecule has 20 heavy (non-hydrogen) atoms. The van der Waals surface area contributed by atoms with Gasteiger partial charge in [-0.3, -0.25) is 9.59 Å². The minimum atomic E-state index is -0.227. The van der Waals surface area contributed by atoms with Crippen LogP contribution in [0, 0.1) is 0 Å². The molecule has 2 aromatic rings. The summed E-state index contributed by atoms with van der Waals surface area (Å²) in [6.07, 6.45) is 0. The molecule has 0 atom stereocenters. The first kappa shape index (κ1) is 14.3. The normalized spacial score (nSPS) is 10.5. The Morgan fingerprint density at radius 1 is 1.35 bits per heavy atom. The van der Waals surface area contributed by atoms with E-state index in [0.717, 1.165) is 10.1 Å². The van der Waals surface area contributed by atoms with Gasteiger partial charge in [-0.15, -0.1) is 11.3 Å². The molecule has 0 bridgehead atoms. The van der Waals surface area contributed by atoms with Crippen molar-refractivity contribution < 1.29 is 9.59 Å². The number of nitrogens with two attached hydrogens (primary N) is 1. The van der Waals surface area contributed by atoms with Gasteiger partial charge < -0.3 is 16.0 Å². The number of carbonyl (C=O) groups excluding carboxylic acids is 2. The molecule has 1 aromatic carbocycles. The lowest BCUT2D eigenvalue weighted by Crippen LogP contribution is -2.38. The van der Waals surface area contributed by atoms with E-state index in [1.807, 2.05) is 31.2 Å². The van der Waals surface area contributed by atoms with Gasteiger partial charge in [-0.05, 0) is 13.0 Å². The van der Waals surface area contributed by atoms with Gasteiger partial charge in [-0.1, -0.05) is 18.2 Å². The number of likely N-dealkylation sites (N-methyl/N-ethyl adjacent to an activating group) is 2. The lowest BCUT2D eigenvalue weighted by Gasteiger charge is -2.15. The van der Waals surface area contributed by atoms with E-state index >= 15 is 0 Å². The fourth-order valence-electron chi connectivity index (χ4n) is 1.94. The van der Waals surface area contributed by atoms with Crippen LogP contribution in [0.2, 0.25) is 0 Å². The second kappa shape index (κ2) is 5.92. The minimum Gasteiger partial charge on any atom is -0.397 e. The number of carbonyl (C=O) groups is 2. The summed E-state index contributed by atoms with van der Waals surface area (Å²) in [6.45, 7) is 2.41. The van der Waals surface area contributed by atoms with E-state index in [4.69, 9.17) is 5.73 Å². The second-order valence-corrected chi connectivity index (χ2v) is 5.51. The molecule has 2 rings (SSSR count). The zero-order valence-corrected chi connectivity index (χ0v) is 12.3. The highest BCUT2D eigenvalue weighted by atomic mass is 32.1. The fraction of sp³-hybridized carbons (Fsp3) is 0.286. The largest absolute Gasteiger partial charge is 0.397 e. The molecule has 0 unspecified atom stereocenters. The number of benzene rings is 1. The minimum absolute atomic E-state index is 0.0281. The van der Waals surface area contributed by atoms with Gasteiger partial charge >= 0.3 is 0 Å². The Morgan fingerprint density at radius 2 is 2.05 bits per heavy atom. The van der Waals surface area contributed by atoms with Crippen molar-refractivity contribution in [1.29, 1.82) is 0 Å². The van der Waals surface area contributed by atoms with E-state index in [9.17, 15) is 9.59 Å². The maximum absolute atomic E-state index is 12.4. The molecule has 5 nitrogen and oxygen atoms in total. The molecule has 6 heteroatoms. The van der Waals surface area contributed by atoms with E-state index in [2.05, 4.69) is 5.32 Å². The molecule has 0 radical (unpaired) electrons. The molecular weight excluding hydrogens is 274 g/mol. The van der Waals surface area contributed by atoms with Crippen molar-refractivity contribution in [1.82, 2.24) is 10.2 Å². The van der Waals surface area contributed by atoms with Crippen LogP contribution in [0.25, 0.3) is 10.1 Å². The average molecular weight is 291 g/mol. The van der Waals surface area contributed by atoms with Crippen molar-refractivity contribution in [3.05, 3.63) is 29.1 Å². The Hall–Kier alpha value is -2.08. The smallest absolute Gasteiger partial charge is 0.266 e. The third kappa shape index (κ3) is 2.75. The van der Waals surface area contributed by atoms with Crippen LogP contribution >= 0.6 is 11.3 Å². The molecule has 0 saturated heterocycles. The topological polar surface area (TPSA) is 75.4 Å². The van der Waals surface area contributed by atoms with Gasteiger partial charge in [-0.2, -0.15) is 0 Å². The average Bonchev–Trinajstić information content (AvgIpc) is 2.76. The van der Waals surface area contributed by atoms with Crippen LogP contribution in [0.15, 0.2) is 24.3 Å². The predicted octanol–water partition coefficient (Wildman–Crippen LogP) is 1.69. The van der Waals surface area contributed by atoms with E-state index in [-0.39, 0.29) is 18.4 Å². The van der Waals surface area contributed by atoms with Crippen molar-refractivity contribution in [2.45, 2.75) is 6.92 Å². The molecule has 0 spiro atoms. The molecule has 106 valence electrons. The first-order valence-electron chi connectivity index (χ1n) is 6.33. The molecule has 0 aliphatic rings. The number of rotatable bonds is 4. The Balaban J connectivity index is 2.22. The van der Waals surface area contributed by atoms with E-state index in [0.29, 0.717) is 17.1 Å². The monoisotopic (exact) mass is 291 g/mol. The summed E-state index contributed by atoms with van der Waals surface area (Å²) >= 11 is 1.35. The predicted molar refractivity (Wildman–Crippen MR) is 81.9 cm³/mol. The van der Waals surface area contributed by atoms with Crippen molar-refractivity contribution in [2.75, 3.05) is 25.9 Å². The van der Waals surface area contributed by atoms with E-state index in [1.165, 1.54) is 16.2 Å².